The van der Waals surface area contributed by atoms with Crippen molar-refractivity contribution in [1.29, 1.82) is 0 Å². The highest BCUT2D eigenvalue weighted by molar-refractivity contribution is 6.09. The highest BCUT2D eigenvalue weighted by Gasteiger charge is 2.25. The zero-order chi connectivity index (χ0) is 14.7. The van der Waals surface area contributed by atoms with Crippen molar-refractivity contribution in [2.75, 3.05) is 0 Å². The maximum Gasteiger partial charge on any atom is 0.182 e. The largest absolute Gasteiger partial charge is 0.290 e. The molecule has 0 heterocycles. The van der Waals surface area contributed by atoms with Crippen molar-refractivity contribution in [3.63, 3.8) is 0 Å². The summed E-state index contributed by atoms with van der Waals surface area (Å²) in [4.78, 5) is 12.4. The van der Waals surface area contributed by atoms with Gasteiger partial charge in [-0.25, -0.2) is 0 Å². The van der Waals surface area contributed by atoms with Crippen molar-refractivity contribution in [2.24, 2.45) is 0 Å². The second-order valence-electron chi connectivity index (χ2n) is 5.53. The van der Waals surface area contributed by atoms with Crippen molar-refractivity contribution in [2.45, 2.75) is 19.3 Å². The minimum absolute atomic E-state index is 0.136. The van der Waals surface area contributed by atoms with Crippen LogP contribution >= 0.6 is 0 Å². The minimum atomic E-state index is 0.136. The van der Waals surface area contributed by atoms with Gasteiger partial charge in [-0.1, -0.05) is 66.2 Å². The van der Waals surface area contributed by atoms with Gasteiger partial charge in [-0.3, -0.25) is 4.79 Å². The molecule has 0 saturated heterocycles. The molecule has 0 radical (unpaired) electrons. The van der Waals surface area contributed by atoms with E-state index in [1.165, 1.54) is 5.56 Å². The Balaban J connectivity index is 2.06. The standard InChI is InChI=1S/C20H18O/c1-15-12-18(17-10-6-3-7-11-17)19(20(21)13-15)14-16-8-4-2-5-9-16/h2-11,13-14,18H,12H2,1H3/b19-14-. The fourth-order valence-corrected chi connectivity index (χ4v) is 2.85. The molecule has 2 aromatic carbocycles. The third-order valence-corrected chi connectivity index (χ3v) is 3.89. The van der Waals surface area contributed by atoms with Crippen LogP contribution in [-0.4, -0.2) is 5.78 Å². The molecule has 1 aliphatic rings. The van der Waals surface area contributed by atoms with Gasteiger partial charge in [0.05, 0.1) is 0 Å². The molecule has 0 saturated carbocycles. The van der Waals surface area contributed by atoms with Gasteiger partial charge in [0.1, 0.15) is 0 Å². The number of carbonyl (C=O) groups excluding carboxylic acids is 1. The van der Waals surface area contributed by atoms with Crippen LogP contribution in [0.25, 0.3) is 6.08 Å². The van der Waals surface area contributed by atoms with Crippen molar-refractivity contribution in [3.05, 3.63) is 89.0 Å². The number of carbonyl (C=O) groups is 1. The van der Waals surface area contributed by atoms with Crippen LogP contribution in [0.1, 0.15) is 30.4 Å². The number of hydrogen-bond donors (Lipinski definition) is 0. The molecule has 0 aromatic heterocycles. The van der Waals surface area contributed by atoms with Crippen LogP contribution in [0.5, 0.6) is 0 Å². The fourth-order valence-electron chi connectivity index (χ4n) is 2.85. The Morgan fingerprint density at radius 3 is 2.24 bits per heavy atom. The maximum absolute atomic E-state index is 12.4. The van der Waals surface area contributed by atoms with Crippen molar-refractivity contribution < 1.29 is 4.79 Å². The number of ketones is 1. The SMILES string of the molecule is CC1=CC(=O)/C(=C\c2ccccc2)C(c2ccccc2)C1. The van der Waals surface area contributed by atoms with Crippen LogP contribution in [0, 0.1) is 0 Å². The second-order valence-corrected chi connectivity index (χ2v) is 5.53. The molecule has 1 unspecified atom stereocenters. The molecule has 0 N–H and O–H groups in total. The first-order chi connectivity index (χ1) is 10.2. The van der Waals surface area contributed by atoms with Gasteiger partial charge in [-0.15, -0.1) is 0 Å². The Bertz CT molecular complexity index is 693. The van der Waals surface area contributed by atoms with Crippen LogP contribution in [0.4, 0.5) is 0 Å². The fraction of sp³-hybridized carbons (Fsp3) is 0.150. The third-order valence-electron chi connectivity index (χ3n) is 3.89. The van der Waals surface area contributed by atoms with Gasteiger partial charge in [-0.05, 0) is 36.6 Å². The smallest absolute Gasteiger partial charge is 0.182 e. The van der Waals surface area contributed by atoms with E-state index in [-0.39, 0.29) is 11.7 Å². The van der Waals surface area contributed by atoms with Crippen molar-refractivity contribution in [3.8, 4) is 0 Å². The van der Waals surface area contributed by atoms with Crippen LogP contribution in [-0.2, 0) is 4.79 Å². The van der Waals surface area contributed by atoms with E-state index in [0.29, 0.717) is 0 Å². The molecule has 0 fully saturated rings. The summed E-state index contributed by atoms with van der Waals surface area (Å²) in [7, 11) is 0. The lowest BCUT2D eigenvalue weighted by Crippen LogP contribution is -2.16. The van der Waals surface area contributed by atoms with Gasteiger partial charge in [0.2, 0.25) is 0 Å². The van der Waals surface area contributed by atoms with E-state index in [4.69, 9.17) is 0 Å². The van der Waals surface area contributed by atoms with E-state index < -0.39 is 0 Å². The highest BCUT2D eigenvalue weighted by atomic mass is 16.1. The number of hydrogen-bond acceptors (Lipinski definition) is 1. The Kier molecular flexibility index (Phi) is 3.83. The molecule has 0 spiro atoms. The lowest BCUT2D eigenvalue weighted by Gasteiger charge is -2.24. The molecule has 1 aliphatic carbocycles. The topological polar surface area (TPSA) is 17.1 Å². The summed E-state index contributed by atoms with van der Waals surface area (Å²) in [5.74, 6) is 0.292. The first-order valence-corrected chi connectivity index (χ1v) is 7.27. The van der Waals surface area contributed by atoms with E-state index in [2.05, 4.69) is 12.1 Å². The lowest BCUT2D eigenvalue weighted by molar-refractivity contribution is -0.111. The first-order valence-electron chi connectivity index (χ1n) is 7.27. The molecule has 0 amide bonds. The summed E-state index contributed by atoms with van der Waals surface area (Å²) in [5.41, 5.74) is 4.33. The minimum Gasteiger partial charge on any atom is -0.290 e. The Hall–Kier alpha value is -2.41. The highest BCUT2D eigenvalue weighted by Crippen LogP contribution is 2.36. The van der Waals surface area contributed by atoms with Crippen molar-refractivity contribution >= 4 is 11.9 Å². The monoisotopic (exact) mass is 274 g/mol. The third kappa shape index (κ3) is 3.03. The van der Waals surface area contributed by atoms with Crippen molar-refractivity contribution in [1.82, 2.24) is 0 Å². The molecule has 2 aromatic rings. The quantitative estimate of drug-likeness (QED) is 0.721. The first kappa shape index (κ1) is 13.6. The summed E-state index contributed by atoms with van der Waals surface area (Å²) in [5, 5.41) is 0. The van der Waals surface area contributed by atoms with E-state index in [1.807, 2.05) is 61.5 Å². The molecule has 104 valence electrons. The summed E-state index contributed by atoms with van der Waals surface area (Å²) in [6.45, 7) is 2.03. The Morgan fingerprint density at radius 1 is 0.952 bits per heavy atom. The summed E-state index contributed by atoms with van der Waals surface area (Å²) in [6, 6.07) is 20.4. The molecule has 3 rings (SSSR count). The zero-order valence-electron chi connectivity index (χ0n) is 12.1. The van der Waals surface area contributed by atoms with Gasteiger partial charge in [-0.2, -0.15) is 0 Å². The molecular weight excluding hydrogens is 256 g/mol. The predicted octanol–water partition coefficient (Wildman–Crippen LogP) is 4.77. The van der Waals surface area contributed by atoms with Crippen LogP contribution < -0.4 is 0 Å². The zero-order valence-corrected chi connectivity index (χ0v) is 12.1. The van der Waals surface area contributed by atoms with Gasteiger partial charge < -0.3 is 0 Å². The predicted molar refractivity (Wildman–Crippen MR) is 87.0 cm³/mol. The summed E-state index contributed by atoms with van der Waals surface area (Å²) in [6.07, 6.45) is 4.71. The van der Waals surface area contributed by atoms with E-state index >= 15 is 0 Å². The number of allylic oxidation sites excluding steroid dienone is 3. The molecule has 0 bridgehead atoms. The van der Waals surface area contributed by atoms with Crippen LogP contribution in [0.2, 0.25) is 0 Å². The lowest BCUT2D eigenvalue weighted by atomic mass is 9.79. The van der Waals surface area contributed by atoms with Crippen LogP contribution in [0.15, 0.2) is 77.9 Å². The maximum atomic E-state index is 12.4. The van der Waals surface area contributed by atoms with E-state index in [0.717, 1.165) is 23.1 Å². The molecule has 21 heavy (non-hydrogen) atoms. The van der Waals surface area contributed by atoms with Gasteiger partial charge in [0.15, 0.2) is 5.78 Å². The Labute approximate surface area is 125 Å². The molecule has 1 heteroatoms. The average molecular weight is 274 g/mol. The molecular formula is C20H18O. The molecule has 1 nitrogen and oxygen atoms in total. The van der Waals surface area contributed by atoms with E-state index in [9.17, 15) is 4.79 Å². The van der Waals surface area contributed by atoms with Gasteiger partial charge in [0.25, 0.3) is 0 Å². The molecule has 0 aliphatic heterocycles. The van der Waals surface area contributed by atoms with E-state index in [1.54, 1.807) is 6.08 Å². The van der Waals surface area contributed by atoms with Gasteiger partial charge in [0, 0.05) is 11.5 Å². The summed E-state index contributed by atoms with van der Waals surface area (Å²) >= 11 is 0. The van der Waals surface area contributed by atoms with Crippen LogP contribution in [0.3, 0.4) is 0 Å². The molecule has 1 atom stereocenters. The summed E-state index contributed by atoms with van der Waals surface area (Å²) < 4.78 is 0. The second kappa shape index (κ2) is 5.92. The van der Waals surface area contributed by atoms with Gasteiger partial charge >= 0.3 is 0 Å². The Morgan fingerprint density at radius 2 is 1.57 bits per heavy atom. The number of benzene rings is 2. The average Bonchev–Trinajstić information content (AvgIpc) is 2.51. The normalized spacial score (nSPS) is 20.4. The number of rotatable bonds is 2.